The molecule has 0 unspecified atom stereocenters. The van der Waals surface area contributed by atoms with Gasteiger partial charge in [0.2, 0.25) is 0 Å². The number of benzene rings is 10. The first-order valence-electron chi connectivity index (χ1n) is 23.8. The fraction of sp³-hybridized carbons (Fsp3) is 0.0303. The fourth-order valence-electron chi connectivity index (χ4n) is 12.6. The number of hydrogen-bond donors (Lipinski definition) is 0. The molecule has 0 aliphatic heterocycles. The van der Waals surface area contributed by atoms with Gasteiger partial charge in [-0.3, -0.25) is 0 Å². The minimum atomic E-state index is -0.637. The van der Waals surface area contributed by atoms with Gasteiger partial charge in [-0.2, -0.15) is 0 Å². The summed E-state index contributed by atoms with van der Waals surface area (Å²) in [5.41, 5.74) is 23.2. The van der Waals surface area contributed by atoms with Crippen LogP contribution in [0, 0.1) is 0 Å². The first-order chi connectivity index (χ1) is 34.2. The van der Waals surface area contributed by atoms with Gasteiger partial charge in [0.25, 0.3) is 0 Å². The molecule has 3 heteroatoms. The van der Waals surface area contributed by atoms with Gasteiger partial charge in [-0.05, 0) is 114 Å². The summed E-state index contributed by atoms with van der Waals surface area (Å²) < 4.78 is 6.71. The Morgan fingerprint density at radius 3 is 1.35 bits per heavy atom. The van der Waals surface area contributed by atoms with E-state index < -0.39 is 10.8 Å². The van der Waals surface area contributed by atoms with Crippen molar-refractivity contribution in [3.63, 3.8) is 0 Å². The Labute approximate surface area is 399 Å². The van der Waals surface area contributed by atoms with Crippen molar-refractivity contribution >= 4 is 21.9 Å². The molecule has 0 radical (unpaired) electrons. The van der Waals surface area contributed by atoms with E-state index in [0.29, 0.717) is 5.82 Å². The van der Waals surface area contributed by atoms with Crippen LogP contribution < -0.4 is 0 Å². The fourth-order valence-corrected chi connectivity index (χ4v) is 12.6. The Morgan fingerprint density at radius 2 is 0.725 bits per heavy atom. The van der Waals surface area contributed by atoms with Gasteiger partial charge in [0.05, 0.1) is 22.2 Å². The summed E-state index contributed by atoms with van der Waals surface area (Å²) in [7, 11) is 0. The van der Waals surface area contributed by atoms with Crippen molar-refractivity contribution in [2.75, 3.05) is 0 Å². The third kappa shape index (κ3) is 5.16. The van der Waals surface area contributed by atoms with E-state index in [0.717, 1.165) is 61.1 Å². The average molecular weight is 877 g/mol. The zero-order valence-corrected chi connectivity index (χ0v) is 37.4. The lowest BCUT2D eigenvalue weighted by Gasteiger charge is -2.48. The number of para-hydroxylation sites is 1. The molecular weight excluding hydrogens is 837 g/mol. The van der Waals surface area contributed by atoms with Crippen molar-refractivity contribution < 1.29 is 4.42 Å². The first kappa shape index (κ1) is 38.2. The third-order valence-electron chi connectivity index (χ3n) is 15.4. The predicted molar refractivity (Wildman–Crippen MR) is 279 cm³/mol. The van der Waals surface area contributed by atoms with Crippen molar-refractivity contribution in [2.45, 2.75) is 10.8 Å². The van der Waals surface area contributed by atoms with Crippen LogP contribution in [0.4, 0.5) is 0 Å². The smallest absolute Gasteiger partial charge is 0.160 e. The highest BCUT2D eigenvalue weighted by molar-refractivity contribution is 6.08. The van der Waals surface area contributed by atoms with E-state index in [1.165, 1.54) is 66.8 Å². The Kier molecular flexibility index (Phi) is 7.92. The van der Waals surface area contributed by atoms with Crippen LogP contribution in [0.2, 0.25) is 0 Å². The van der Waals surface area contributed by atoms with Crippen molar-refractivity contribution in [1.82, 2.24) is 9.97 Å². The molecule has 2 spiro atoms. The lowest BCUT2D eigenvalue weighted by atomic mass is 9.52. The van der Waals surface area contributed by atoms with Crippen LogP contribution in [0.15, 0.2) is 247 Å². The normalized spacial score (nSPS) is 14.0. The number of nitrogens with zero attached hydrogens (tertiary/aromatic N) is 2. The first-order valence-corrected chi connectivity index (χ1v) is 23.8. The molecule has 3 aliphatic carbocycles. The van der Waals surface area contributed by atoms with Crippen LogP contribution >= 0.6 is 0 Å². The van der Waals surface area contributed by atoms with Gasteiger partial charge in [-0.1, -0.05) is 206 Å². The second kappa shape index (κ2) is 14.3. The molecule has 0 saturated carbocycles. The predicted octanol–water partition coefficient (Wildman–Crippen LogP) is 16.1. The van der Waals surface area contributed by atoms with E-state index in [1.807, 2.05) is 12.1 Å². The molecule has 2 heterocycles. The van der Waals surface area contributed by atoms with Crippen LogP contribution in [0.5, 0.6) is 0 Å². The molecule has 0 fully saturated rings. The molecule has 2 aromatic heterocycles. The van der Waals surface area contributed by atoms with E-state index >= 15 is 0 Å². The Bertz CT molecular complexity index is 3940. The molecule has 10 aromatic carbocycles. The van der Waals surface area contributed by atoms with Gasteiger partial charge in [0, 0.05) is 27.5 Å². The summed E-state index contributed by atoms with van der Waals surface area (Å²) in [4.78, 5) is 10.4. The molecule has 12 aromatic rings. The van der Waals surface area contributed by atoms with Crippen LogP contribution in [-0.4, -0.2) is 9.97 Å². The Balaban J connectivity index is 0.980. The van der Waals surface area contributed by atoms with Gasteiger partial charge in [-0.25, -0.2) is 9.97 Å². The summed E-state index contributed by atoms with van der Waals surface area (Å²) in [5.74, 6) is 0.689. The van der Waals surface area contributed by atoms with Gasteiger partial charge in [-0.15, -0.1) is 0 Å². The summed E-state index contributed by atoms with van der Waals surface area (Å²) in [6, 6.07) is 88.8. The van der Waals surface area contributed by atoms with E-state index in [4.69, 9.17) is 14.4 Å². The zero-order valence-electron chi connectivity index (χ0n) is 37.4. The summed E-state index contributed by atoms with van der Waals surface area (Å²) in [6.07, 6.45) is 0. The number of furan rings is 1. The SMILES string of the molecule is c1ccc(-c2cc(-c3ccccc3)nc(-c3cccc(-c4ccc5c(c4)-c4cc6oc7ccccc7c6cc4C54c5ccccc5C5(c6ccccc6-c6ccccc65)c5ccccc54)c3)n2)cc1. The number of aromatic nitrogens is 2. The monoisotopic (exact) mass is 876 g/mol. The largest absolute Gasteiger partial charge is 0.456 e. The maximum atomic E-state index is 6.71. The van der Waals surface area contributed by atoms with Crippen LogP contribution in [0.3, 0.4) is 0 Å². The molecular formula is C66H40N2O. The highest BCUT2D eigenvalue weighted by atomic mass is 16.3. The van der Waals surface area contributed by atoms with E-state index in [1.54, 1.807) is 0 Å². The molecule has 0 atom stereocenters. The minimum Gasteiger partial charge on any atom is -0.456 e. The number of hydrogen-bond acceptors (Lipinski definition) is 3. The third-order valence-corrected chi connectivity index (χ3v) is 15.4. The van der Waals surface area contributed by atoms with Crippen molar-refractivity contribution in [3.05, 3.63) is 287 Å². The molecule has 69 heavy (non-hydrogen) atoms. The Morgan fingerprint density at radius 1 is 0.261 bits per heavy atom. The van der Waals surface area contributed by atoms with Gasteiger partial charge >= 0.3 is 0 Å². The molecule has 0 N–H and O–H groups in total. The van der Waals surface area contributed by atoms with E-state index in [9.17, 15) is 0 Å². The maximum Gasteiger partial charge on any atom is 0.160 e. The van der Waals surface area contributed by atoms with Gasteiger partial charge in [0.15, 0.2) is 5.82 Å². The molecule has 0 bridgehead atoms. The zero-order chi connectivity index (χ0) is 45.3. The summed E-state index contributed by atoms with van der Waals surface area (Å²) >= 11 is 0. The van der Waals surface area contributed by atoms with Crippen molar-refractivity contribution in [2.24, 2.45) is 0 Å². The second-order valence-corrected chi connectivity index (χ2v) is 18.7. The molecule has 320 valence electrons. The minimum absolute atomic E-state index is 0.512. The standard InChI is InChI=1S/C66H40N2O/c1-3-18-41(19-4-1)60-40-61(42-20-5-2-6-21-42)68-64(67-60)45-23-17-22-43(36-45)44-34-35-54-49(37-44)50-39-63-51(48-26-9-16-33-62(48)69-63)38-59(50)66(54)57-31-14-12-29-55(57)65(56-30-13-15-32-58(56)66)52-27-10-7-24-46(52)47-25-8-11-28-53(47)65/h1-40H. The molecule has 3 aliphatic rings. The Hall–Kier alpha value is -8.92. The van der Waals surface area contributed by atoms with Crippen LogP contribution in [-0.2, 0) is 10.8 Å². The summed E-state index contributed by atoms with van der Waals surface area (Å²) in [5, 5.41) is 2.25. The maximum absolute atomic E-state index is 6.71. The van der Waals surface area contributed by atoms with Crippen molar-refractivity contribution in [1.29, 1.82) is 0 Å². The van der Waals surface area contributed by atoms with Gasteiger partial charge in [0.1, 0.15) is 11.2 Å². The second-order valence-electron chi connectivity index (χ2n) is 18.7. The topological polar surface area (TPSA) is 38.9 Å². The summed E-state index contributed by atoms with van der Waals surface area (Å²) in [6.45, 7) is 0. The highest BCUT2D eigenvalue weighted by Crippen LogP contribution is 2.68. The number of rotatable bonds is 4. The quantitative estimate of drug-likeness (QED) is 0.177. The molecule has 3 nitrogen and oxygen atoms in total. The average Bonchev–Trinajstić information content (AvgIpc) is 4.04. The van der Waals surface area contributed by atoms with E-state index in [-0.39, 0.29) is 0 Å². The molecule has 15 rings (SSSR count). The lowest BCUT2D eigenvalue weighted by Crippen LogP contribution is -2.43. The number of fused-ring (bicyclic) bond motifs is 19. The highest BCUT2D eigenvalue weighted by Gasteiger charge is 2.59. The van der Waals surface area contributed by atoms with Crippen LogP contribution in [0.25, 0.3) is 89.2 Å². The van der Waals surface area contributed by atoms with Crippen LogP contribution in [0.1, 0.15) is 44.5 Å². The lowest BCUT2D eigenvalue weighted by molar-refractivity contribution is 0.633. The molecule has 0 saturated heterocycles. The van der Waals surface area contributed by atoms with Gasteiger partial charge < -0.3 is 4.42 Å². The molecule has 0 amide bonds. The van der Waals surface area contributed by atoms with E-state index in [2.05, 4.69) is 231 Å². The van der Waals surface area contributed by atoms with Crippen molar-refractivity contribution in [3.8, 4) is 67.3 Å².